The zero-order chi connectivity index (χ0) is 25.1. The molecule has 1 saturated carbocycles. The van der Waals surface area contributed by atoms with Crippen LogP contribution in [0.1, 0.15) is 89.8 Å². The number of amides is 2. The second-order valence-electron chi connectivity index (χ2n) is 11.4. The summed E-state index contributed by atoms with van der Waals surface area (Å²) in [6.07, 6.45) is 10.5. The lowest BCUT2D eigenvalue weighted by molar-refractivity contribution is -0.129. The number of nitrogens with one attached hydrogen (secondary N) is 2. The Bertz CT molecular complexity index is 1000. The maximum atomic E-state index is 14.2. The van der Waals surface area contributed by atoms with Crippen molar-refractivity contribution >= 4 is 17.5 Å². The summed E-state index contributed by atoms with van der Waals surface area (Å²) in [6.45, 7) is 9.27. The van der Waals surface area contributed by atoms with Crippen molar-refractivity contribution in [3.63, 3.8) is 0 Å². The minimum atomic E-state index is -0.794. The minimum absolute atomic E-state index is 0.00648. The van der Waals surface area contributed by atoms with E-state index >= 15 is 0 Å². The number of rotatable bonds is 6. The summed E-state index contributed by atoms with van der Waals surface area (Å²) in [4.78, 5) is 34.2. The minimum Gasteiger partial charge on any atom is -0.351 e. The van der Waals surface area contributed by atoms with Crippen molar-refractivity contribution in [2.45, 2.75) is 95.7 Å². The zero-order valence-corrected chi connectivity index (χ0v) is 21.6. The molecule has 1 aliphatic carbocycles. The highest BCUT2D eigenvalue weighted by atomic mass is 16.2. The smallest absolute Gasteiger partial charge is 0.248 e. The van der Waals surface area contributed by atoms with Crippen molar-refractivity contribution in [1.29, 1.82) is 0 Å². The largest absolute Gasteiger partial charge is 0.351 e. The van der Waals surface area contributed by atoms with Gasteiger partial charge in [-0.25, -0.2) is 0 Å². The Morgan fingerprint density at radius 1 is 1.09 bits per heavy atom. The number of carbonyl (C=O) groups excluding carboxylic acids is 2. The number of aromatic nitrogens is 1. The first kappa shape index (κ1) is 25.4. The van der Waals surface area contributed by atoms with Crippen LogP contribution in [0.4, 0.5) is 5.69 Å². The van der Waals surface area contributed by atoms with Gasteiger partial charge in [0, 0.05) is 29.7 Å². The summed E-state index contributed by atoms with van der Waals surface area (Å²) in [5.41, 5.74) is 1.91. The molecule has 2 amide bonds. The number of carbonyl (C=O) groups is 2. The van der Waals surface area contributed by atoms with Crippen LogP contribution in [0.2, 0.25) is 0 Å². The lowest BCUT2D eigenvalue weighted by Crippen LogP contribution is -2.56. The Hall–Kier alpha value is -2.73. The van der Waals surface area contributed by atoms with Crippen molar-refractivity contribution in [1.82, 2.24) is 15.6 Å². The van der Waals surface area contributed by atoms with E-state index in [1.807, 2.05) is 31.2 Å². The summed E-state index contributed by atoms with van der Waals surface area (Å²) >= 11 is 0. The van der Waals surface area contributed by atoms with Gasteiger partial charge in [-0.3, -0.25) is 19.5 Å². The van der Waals surface area contributed by atoms with Gasteiger partial charge in [-0.1, -0.05) is 58.2 Å². The van der Waals surface area contributed by atoms with Crippen LogP contribution < -0.4 is 15.5 Å². The molecule has 1 aliphatic heterocycles. The van der Waals surface area contributed by atoms with Crippen molar-refractivity contribution in [2.24, 2.45) is 0 Å². The number of hydrogen-bond acceptors (Lipinski definition) is 4. The van der Waals surface area contributed by atoms with E-state index in [0.717, 1.165) is 56.3 Å². The maximum Gasteiger partial charge on any atom is 0.248 e. The first-order valence-electron chi connectivity index (χ1n) is 13.1. The van der Waals surface area contributed by atoms with Crippen LogP contribution >= 0.6 is 0 Å². The second kappa shape index (κ2) is 10.5. The Morgan fingerprint density at radius 2 is 1.80 bits per heavy atom. The third kappa shape index (κ3) is 5.75. The van der Waals surface area contributed by atoms with Gasteiger partial charge in [-0.05, 0) is 68.3 Å². The number of nitrogens with zero attached hydrogens (tertiary/aromatic N) is 2. The highest BCUT2D eigenvalue weighted by molar-refractivity contribution is 6.05. The molecule has 2 fully saturated rings. The Labute approximate surface area is 209 Å². The van der Waals surface area contributed by atoms with E-state index in [-0.39, 0.29) is 23.3 Å². The molecule has 1 saturated heterocycles. The number of anilines is 1. The fourth-order valence-corrected chi connectivity index (χ4v) is 5.33. The average Bonchev–Trinajstić information content (AvgIpc) is 3.30. The molecule has 0 bridgehead atoms. The second-order valence-corrected chi connectivity index (χ2v) is 11.4. The first-order chi connectivity index (χ1) is 16.7. The van der Waals surface area contributed by atoms with Gasteiger partial charge in [-0.2, -0.15) is 0 Å². The highest BCUT2D eigenvalue weighted by Crippen LogP contribution is 2.34. The lowest BCUT2D eigenvalue weighted by atomic mass is 9.87. The molecule has 1 unspecified atom stereocenters. The Kier molecular flexibility index (Phi) is 7.60. The molecule has 35 heavy (non-hydrogen) atoms. The zero-order valence-electron chi connectivity index (χ0n) is 21.6. The topological polar surface area (TPSA) is 74.3 Å². The summed E-state index contributed by atoms with van der Waals surface area (Å²) in [6, 6.07) is 11.2. The number of hydrogen-bond donors (Lipinski definition) is 2. The summed E-state index contributed by atoms with van der Waals surface area (Å²) in [5, 5.41) is 6.69. The van der Waals surface area contributed by atoms with E-state index in [1.165, 1.54) is 12.0 Å². The molecular weight excluding hydrogens is 436 g/mol. The molecule has 6 heteroatoms. The molecule has 0 radical (unpaired) electrons. The average molecular weight is 477 g/mol. The van der Waals surface area contributed by atoms with Gasteiger partial charge in [0.25, 0.3) is 0 Å². The molecule has 188 valence electrons. The van der Waals surface area contributed by atoms with Gasteiger partial charge >= 0.3 is 0 Å². The predicted molar refractivity (Wildman–Crippen MR) is 140 cm³/mol. The Balaban J connectivity index is 1.77. The molecule has 4 rings (SSSR count). The third-order valence-electron chi connectivity index (χ3n) is 7.53. The van der Waals surface area contributed by atoms with Crippen LogP contribution in [0, 0.1) is 0 Å². The standard InChI is InChI=1S/C29H40N4O2/c1-28(2,3)22-13-15-24(16-14-22)33(27(35)29(4)17-9-19-31-29)25(21-10-8-18-30-20-21)26(34)32-23-11-6-5-7-12-23/h8,10,13-16,18,20,23,25,31H,5-7,9,11-12,17,19H2,1-4H3,(H,32,34)/t25?,29-/m1/s1. The molecule has 2 heterocycles. The van der Waals surface area contributed by atoms with Crippen LogP contribution in [0.25, 0.3) is 0 Å². The molecule has 2 atom stereocenters. The fraction of sp³-hybridized carbons (Fsp3) is 0.552. The van der Waals surface area contributed by atoms with E-state index < -0.39 is 11.6 Å². The van der Waals surface area contributed by atoms with E-state index in [4.69, 9.17) is 0 Å². The van der Waals surface area contributed by atoms with Gasteiger partial charge in [0.05, 0.1) is 5.54 Å². The molecule has 2 aliphatic rings. The molecule has 0 spiro atoms. The van der Waals surface area contributed by atoms with E-state index in [9.17, 15) is 9.59 Å². The van der Waals surface area contributed by atoms with Crippen LogP contribution in [-0.2, 0) is 15.0 Å². The van der Waals surface area contributed by atoms with Crippen molar-refractivity contribution < 1.29 is 9.59 Å². The van der Waals surface area contributed by atoms with Gasteiger partial charge in [0.15, 0.2) is 0 Å². The van der Waals surface area contributed by atoms with Gasteiger partial charge < -0.3 is 10.6 Å². The van der Waals surface area contributed by atoms with E-state index in [0.29, 0.717) is 0 Å². The van der Waals surface area contributed by atoms with Crippen molar-refractivity contribution in [2.75, 3.05) is 11.4 Å². The van der Waals surface area contributed by atoms with E-state index in [2.05, 4.69) is 48.5 Å². The van der Waals surface area contributed by atoms with Gasteiger partial charge in [0.1, 0.15) is 6.04 Å². The maximum absolute atomic E-state index is 14.2. The summed E-state index contributed by atoms with van der Waals surface area (Å²) < 4.78 is 0. The van der Waals surface area contributed by atoms with Crippen LogP contribution in [0.3, 0.4) is 0 Å². The van der Waals surface area contributed by atoms with E-state index in [1.54, 1.807) is 17.3 Å². The SMILES string of the molecule is CC(C)(C)c1ccc(N(C(=O)[C@@]2(C)CCCN2)C(C(=O)NC2CCCCC2)c2cccnc2)cc1. The summed E-state index contributed by atoms with van der Waals surface area (Å²) in [7, 11) is 0. The first-order valence-corrected chi connectivity index (χ1v) is 13.1. The summed E-state index contributed by atoms with van der Waals surface area (Å²) in [5.74, 6) is -0.217. The number of benzene rings is 1. The predicted octanol–water partition coefficient (Wildman–Crippen LogP) is 5.04. The molecule has 2 N–H and O–H groups in total. The molecule has 6 nitrogen and oxygen atoms in total. The van der Waals surface area contributed by atoms with Crippen molar-refractivity contribution in [3.05, 3.63) is 59.9 Å². The molecular formula is C29H40N4O2. The Morgan fingerprint density at radius 3 is 2.37 bits per heavy atom. The van der Waals surface area contributed by atoms with Gasteiger partial charge in [0.2, 0.25) is 11.8 Å². The fourth-order valence-electron chi connectivity index (χ4n) is 5.33. The third-order valence-corrected chi connectivity index (χ3v) is 7.53. The number of pyridine rings is 1. The molecule has 2 aromatic rings. The van der Waals surface area contributed by atoms with Crippen LogP contribution in [0.15, 0.2) is 48.8 Å². The highest BCUT2D eigenvalue weighted by Gasteiger charge is 2.44. The lowest BCUT2D eigenvalue weighted by Gasteiger charge is -2.38. The van der Waals surface area contributed by atoms with Crippen LogP contribution in [0.5, 0.6) is 0 Å². The monoisotopic (exact) mass is 476 g/mol. The normalized spacial score (nSPS) is 21.9. The van der Waals surface area contributed by atoms with Crippen molar-refractivity contribution in [3.8, 4) is 0 Å². The molecule has 1 aromatic heterocycles. The molecule has 1 aromatic carbocycles. The van der Waals surface area contributed by atoms with Gasteiger partial charge in [-0.15, -0.1) is 0 Å². The van der Waals surface area contributed by atoms with Crippen LogP contribution in [-0.4, -0.2) is 34.9 Å². The quantitative estimate of drug-likeness (QED) is 0.612.